The van der Waals surface area contributed by atoms with Crippen LogP contribution in [0, 0.1) is 0 Å². The molecule has 2 N–H and O–H groups in total. The van der Waals surface area contributed by atoms with Crippen molar-refractivity contribution in [2.75, 3.05) is 11.6 Å². The molecule has 2 aromatic rings. The highest BCUT2D eigenvalue weighted by atomic mass is 32.2. The fourth-order valence-corrected chi connectivity index (χ4v) is 1.87. The smallest absolute Gasteiger partial charge is 0.296 e. The van der Waals surface area contributed by atoms with Gasteiger partial charge in [0.2, 0.25) is 0 Å². The van der Waals surface area contributed by atoms with Gasteiger partial charge in [0.15, 0.2) is 0 Å². The number of pyridine rings is 1. The Bertz CT molecular complexity index is 824. The molecule has 1 aromatic carbocycles. The number of fused-ring (bicyclic) bond motifs is 1. The summed E-state index contributed by atoms with van der Waals surface area (Å²) in [5.41, 5.74) is 2.88. The zero-order chi connectivity index (χ0) is 16.3. The van der Waals surface area contributed by atoms with Gasteiger partial charge in [-0.25, -0.2) is 0 Å². The average Bonchev–Trinajstić information content (AvgIpc) is 2.73. The highest BCUT2D eigenvalue weighted by molar-refractivity contribution is 7.85. The van der Waals surface area contributed by atoms with Crippen LogP contribution in [0.25, 0.3) is 11.1 Å². The molecular formula is C14H12N2O5S. The van der Waals surface area contributed by atoms with E-state index in [1.165, 1.54) is 0 Å². The molecule has 1 aromatic heterocycles. The van der Waals surface area contributed by atoms with Crippen molar-refractivity contribution >= 4 is 27.5 Å². The molecule has 3 rings (SSSR count). The molecule has 8 heteroatoms. The molecule has 0 spiro atoms. The highest BCUT2D eigenvalue weighted by Gasteiger charge is 2.27. The monoisotopic (exact) mass is 320 g/mol. The van der Waals surface area contributed by atoms with E-state index in [-0.39, 0.29) is 0 Å². The SMILES string of the molecule is CS(=O)(=O)O.O=C1Nc2ccc(-c3ccncc3)cc2C1=O. The van der Waals surface area contributed by atoms with E-state index in [4.69, 9.17) is 4.55 Å². The minimum atomic E-state index is -3.67. The fourth-order valence-electron chi connectivity index (χ4n) is 1.87. The number of anilines is 1. The van der Waals surface area contributed by atoms with Crippen molar-refractivity contribution in [1.29, 1.82) is 0 Å². The third-order valence-corrected chi connectivity index (χ3v) is 2.73. The minimum absolute atomic E-state index is 0.435. The van der Waals surface area contributed by atoms with Crippen LogP contribution in [0.4, 0.5) is 5.69 Å². The van der Waals surface area contributed by atoms with Crippen molar-refractivity contribution in [2.45, 2.75) is 0 Å². The van der Waals surface area contributed by atoms with Crippen LogP contribution in [0.15, 0.2) is 42.7 Å². The number of ketones is 1. The van der Waals surface area contributed by atoms with Gasteiger partial charge in [-0.2, -0.15) is 8.42 Å². The predicted molar refractivity (Wildman–Crippen MR) is 80.1 cm³/mol. The van der Waals surface area contributed by atoms with Crippen molar-refractivity contribution in [3.8, 4) is 11.1 Å². The fraction of sp³-hybridized carbons (Fsp3) is 0.0714. The van der Waals surface area contributed by atoms with E-state index < -0.39 is 21.8 Å². The Morgan fingerprint density at radius 1 is 1.05 bits per heavy atom. The topological polar surface area (TPSA) is 113 Å². The van der Waals surface area contributed by atoms with Gasteiger partial charge in [0.25, 0.3) is 21.8 Å². The average molecular weight is 320 g/mol. The van der Waals surface area contributed by atoms with Crippen molar-refractivity contribution in [2.24, 2.45) is 0 Å². The van der Waals surface area contributed by atoms with Gasteiger partial charge in [0.05, 0.1) is 17.5 Å². The second-order valence-corrected chi connectivity index (χ2v) is 5.98. The van der Waals surface area contributed by atoms with Crippen LogP contribution in [0.5, 0.6) is 0 Å². The second kappa shape index (κ2) is 6.04. The molecule has 1 aliphatic rings. The Balaban J connectivity index is 0.000000309. The van der Waals surface area contributed by atoms with Crippen LogP contribution in [0.3, 0.4) is 0 Å². The Labute approximate surface area is 126 Å². The van der Waals surface area contributed by atoms with Gasteiger partial charge in [0, 0.05) is 12.4 Å². The van der Waals surface area contributed by atoms with Crippen molar-refractivity contribution in [3.05, 3.63) is 48.3 Å². The lowest BCUT2D eigenvalue weighted by atomic mass is 10.0. The van der Waals surface area contributed by atoms with Crippen LogP contribution >= 0.6 is 0 Å². The lowest BCUT2D eigenvalue weighted by Gasteiger charge is -2.03. The number of amides is 1. The van der Waals surface area contributed by atoms with Gasteiger partial charge in [-0.05, 0) is 35.4 Å². The van der Waals surface area contributed by atoms with E-state index in [0.717, 1.165) is 11.1 Å². The summed E-state index contributed by atoms with van der Waals surface area (Å²) in [5, 5.41) is 2.52. The summed E-state index contributed by atoms with van der Waals surface area (Å²) < 4.78 is 25.9. The van der Waals surface area contributed by atoms with E-state index in [1.807, 2.05) is 18.2 Å². The zero-order valence-corrected chi connectivity index (χ0v) is 12.3. The quantitative estimate of drug-likeness (QED) is 0.606. The first-order valence-electron chi connectivity index (χ1n) is 6.08. The summed E-state index contributed by atoms with van der Waals surface area (Å²) in [6.45, 7) is 0. The standard InChI is InChI=1S/C13H8N2O2.CH4O3S/c16-12-10-7-9(8-3-5-14-6-4-8)1-2-11(10)15-13(12)17;1-5(2,3)4/h1-7H,(H,15,16,17);1H3,(H,2,3,4). The van der Waals surface area contributed by atoms with Gasteiger partial charge in [-0.1, -0.05) is 6.07 Å². The van der Waals surface area contributed by atoms with Crippen LogP contribution in [-0.4, -0.2) is 35.9 Å². The number of nitrogens with zero attached hydrogens (tertiary/aromatic N) is 1. The minimum Gasteiger partial charge on any atom is -0.318 e. The molecule has 1 aliphatic heterocycles. The van der Waals surface area contributed by atoms with Crippen LogP contribution in [0.1, 0.15) is 10.4 Å². The first-order chi connectivity index (χ1) is 10.3. The molecule has 0 saturated carbocycles. The third kappa shape index (κ3) is 3.96. The lowest BCUT2D eigenvalue weighted by Crippen LogP contribution is -2.12. The van der Waals surface area contributed by atoms with E-state index >= 15 is 0 Å². The van der Waals surface area contributed by atoms with Gasteiger partial charge in [-0.3, -0.25) is 19.1 Å². The summed E-state index contributed by atoms with van der Waals surface area (Å²) in [6.07, 6.45) is 4.09. The molecule has 0 saturated heterocycles. The molecule has 7 nitrogen and oxygen atoms in total. The molecule has 22 heavy (non-hydrogen) atoms. The Kier molecular flexibility index (Phi) is 4.34. The molecule has 1 amide bonds. The number of carbonyl (C=O) groups excluding carboxylic acids is 2. The summed E-state index contributed by atoms with van der Waals surface area (Å²) in [6, 6.07) is 9.05. The molecule has 114 valence electrons. The normalized spacial score (nSPS) is 13.0. The van der Waals surface area contributed by atoms with E-state index in [9.17, 15) is 18.0 Å². The van der Waals surface area contributed by atoms with Crippen molar-refractivity contribution in [1.82, 2.24) is 4.98 Å². The lowest BCUT2D eigenvalue weighted by molar-refractivity contribution is -0.112. The number of carbonyl (C=O) groups is 2. The number of hydrogen-bond donors (Lipinski definition) is 2. The van der Waals surface area contributed by atoms with Crippen molar-refractivity contribution in [3.63, 3.8) is 0 Å². The molecular weight excluding hydrogens is 308 g/mol. The Morgan fingerprint density at radius 3 is 2.23 bits per heavy atom. The van der Waals surface area contributed by atoms with Gasteiger partial charge < -0.3 is 5.32 Å². The maximum atomic E-state index is 11.6. The number of aromatic nitrogens is 1. The second-order valence-electron chi connectivity index (χ2n) is 4.51. The predicted octanol–water partition coefficient (Wildman–Crippen LogP) is 1.39. The Morgan fingerprint density at radius 2 is 1.64 bits per heavy atom. The van der Waals surface area contributed by atoms with Crippen LogP contribution < -0.4 is 5.32 Å². The first-order valence-corrected chi connectivity index (χ1v) is 7.93. The molecule has 0 unspecified atom stereocenters. The van der Waals surface area contributed by atoms with E-state index in [1.54, 1.807) is 24.5 Å². The highest BCUT2D eigenvalue weighted by Crippen LogP contribution is 2.28. The molecule has 2 heterocycles. The number of hydrogen-bond acceptors (Lipinski definition) is 5. The maximum Gasteiger partial charge on any atom is 0.296 e. The maximum absolute atomic E-state index is 11.6. The summed E-state index contributed by atoms with van der Waals surface area (Å²) in [4.78, 5) is 26.7. The Hall–Kier alpha value is -2.58. The molecule has 0 fully saturated rings. The molecule has 0 bridgehead atoms. The zero-order valence-electron chi connectivity index (χ0n) is 11.5. The summed E-state index contributed by atoms with van der Waals surface area (Å²) >= 11 is 0. The van der Waals surface area contributed by atoms with Crippen LogP contribution in [-0.2, 0) is 14.9 Å². The third-order valence-electron chi connectivity index (χ3n) is 2.73. The molecule has 0 radical (unpaired) electrons. The van der Waals surface area contributed by atoms with Crippen molar-refractivity contribution < 1.29 is 22.6 Å². The van der Waals surface area contributed by atoms with Crippen LogP contribution in [0.2, 0.25) is 0 Å². The summed E-state index contributed by atoms with van der Waals surface area (Å²) in [5.74, 6) is -1.04. The van der Waals surface area contributed by atoms with Gasteiger partial charge >= 0.3 is 0 Å². The number of benzene rings is 1. The first kappa shape index (κ1) is 15.8. The van der Waals surface area contributed by atoms with Gasteiger partial charge in [0.1, 0.15) is 0 Å². The molecule has 0 atom stereocenters. The molecule has 0 aliphatic carbocycles. The number of nitrogens with one attached hydrogen (secondary N) is 1. The van der Waals surface area contributed by atoms with E-state index in [2.05, 4.69) is 10.3 Å². The largest absolute Gasteiger partial charge is 0.318 e. The number of Topliss-reactive ketones (excluding diaryl/α,β-unsaturated/α-hetero) is 1. The van der Waals surface area contributed by atoms with Gasteiger partial charge in [-0.15, -0.1) is 0 Å². The number of rotatable bonds is 1. The van der Waals surface area contributed by atoms with E-state index in [0.29, 0.717) is 17.5 Å². The summed E-state index contributed by atoms with van der Waals surface area (Å²) in [7, 11) is -3.67.